The number of amides is 2. The van der Waals surface area contributed by atoms with Crippen molar-refractivity contribution in [3.8, 4) is 11.5 Å². The molecule has 0 saturated heterocycles. The van der Waals surface area contributed by atoms with Crippen molar-refractivity contribution in [3.63, 3.8) is 0 Å². The molecule has 0 spiro atoms. The Morgan fingerprint density at radius 1 is 0.871 bits per heavy atom. The minimum atomic E-state index is -0.521. The van der Waals surface area contributed by atoms with Crippen LogP contribution < -0.4 is 20.3 Å². The molecule has 2 amide bonds. The number of hydrogen-bond acceptors (Lipinski definition) is 8. The van der Waals surface area contributed by atoms with Crippen molar-refractivity contribution in [2.24, 2.45) is 0 Å². The fourth-order valence-electron chi connectivity index (χ4n) is 2.05. The van der Waals surface area contributed by atoms with Gasteiger partial charge in [0, 0.05) is 10.0 Å². The Morgan fingerprint density at radius 2 is 1.45 bits per heavy atom. The SMILES string of the molecule is O=C(COc1ccc(Cl)cc1)NNC(=O)CSc1nnc(COc2ccc(Cl)cc2)o1. The van der Waals surface area contributed by atoms with Crippen LogP contribution in [-0.2, 0) is 16.2 Å². The van der Waals surface area contributed by atoms with Crippen LogP contribution in [-0.4, -0.2) is 34.4 Å². The molecule has 0 aliphatic carbocycles. The number of aromatic nitrogens is 2. The molecule has 9 nitrogen and oxygen atoms in total. The van der Waals surface area contributed by atoms with Gasteiger partial charge in [-0.15, -0.1) is 10.2 Å². The molecule has 0 aliphatic heterocycles. The molecule has 0 radical (unpaired) electrons. The van der Waals surface area contributed by atoms with Gasteiger partial charge in [0.25, 0.3) is 17.0 Å². The zero-order valence-electron chi connectivity index (χ0n) is 15.8. The molecular weight excluding hydrogens is 467 g/mol. The number of ether oxygens (including phenoxy) is 2. The van der Waals surface area contributed by atoms with E-state index in [-0.39, 0.29) is 30.1 Å². The first kappa shape index (κ1) is 22.7. The summed E-state index contributed by atoms with van der Waals surface area (Å²) in [5.74, 6) is 0.318. The summed E-state index contributed by atoms with van der Waals surface area (Å²) in [6, 6.07) is 13.4. The average Bonchev–Trinajstić information content (AvgIpc) is 3.23. The second kappa shape index (κ2) is 11.4. The Labute approximate surface area is 191 Å². The third kappa shape index (κ3) is 8.00. The van der Waals surface area contributed by atoms with Crippen LogP contribution in [0.2, 0.25) is 10.0 Å². The summed E-state index contributed by atoms with van der Waals surface area (Å²) in [5, 5.41) is 9.03. The lowest BCUT2D eigenvalue weighted by Crippen LogP contribution is -2.44. The lowest BCUT2D eigenvalue weighted by molar-refractivity contribution is -0.128. The van der Waals surface area contributed by atoms with Gasteiger partial charge in [0.2, 0.25) is 5.91 Å². The maximum atomic E-state index is 11.9. The van der Waals surface area contributed by atoms with E-state index in [1.807, 2.05) is 0 Å². The Bertz CT molecular complexity index is 1010. The van der Waals surface area contributed by atoms with Gasteiger partial charge in [0.15, 0.2) is 13.2 Å². The number of thioether (sulfide) groups is 1. The highest BCUT2D eigenvalue weighted by atomic mass is 35.5. The molecule has 31 heavy (non-hydrogen) atoms. The summed E-state index contributed by atoms with van der Waals surface area (Å²) in [7, 11) is 0. The highest BCUT2D eigenvalue weighted by molar-refractivity contribution is 7.99. The van der Waals surface area contributed by atoms with E-state index < -0.39 is 11.8 Å². The predicted octanol–water partition coefficient (Wildman–Crippen LogP) is 3.27. The summed E-state index contributed by atoms with van der Waals surface area (Å²) in [4.78, 5) is 23.6. The molecule has 162 valence electrons. The molecule has 2 N–H and O–H groups in total. The molecule has 0 fully saturated rings. The Kier molecular flexibility index (Phi) is 8.39. The lowest BCUT2D eigenvalue weighted by atomic mass is 10.3. The molecule has 3 aromatic rings. The molecule has 3 rings (SSSR count). The molecule has 0 aliphatic rings. The van der Waals surface area contributed by atoms with Crippen molar-refractivity contribution in [2.45, 2.75) is 11.8 Å². The van der Waals surface area contributed by atoms with Gasteiger partial charge in [-0.25, -0.2) is 0 Å². The fourth-order valence-corrected chi connectivity index (χ4v) is 2.88. The van der Waals surface area contributed by atoms with Crippen LogP contribution in [0.25, 0.3) is 0 Å². The van der Waals surface area contributed by atoms with Crippen LogP contribution in [0.5, 0.6) is 11.5 Å². The summed E-state index contributed by atoms with van der Waals surface area (Å²) in [5.41, 5.74) is 4.52. The van der Waals surface area contributed by atoms with Gasteiger partial charge < -0.3 is 13.9 Å². The number of rotatable bonds is 9. The van der Waals surface area contributed by atoms with E-state index in [2.05, 4.69) is 21.0 Å². The normalized spacial score (nSPS) is 10.4. The monoisotopic (exact) mass is 482 g/mol. The van der Waals surface area contributed by atoms with Crippen LogP contribution in [0.4, 0.5) is 0 Å². The average molecular weight is 483 g/mol. The van der Waals surface area contributed by atoms with Crippen LogP contribution in [0.1, 0.15) is 5.89 Å². The van der Waals surface area contributed by atoms with E-state index in [9.17, 15) is 9.59 Å². The standard InChI is InChI=1S/C19H16Cl2N4O5S/c20-12-1-5-14(6-2-12)28-9-16(26)22-23-17(27)11-31-19-25-24-18(30-19)10-29-15-7-3-13(21)4-8-15/h1-8H,9-11H2,(H,22,26)(H,23,27). The van der Waals surface area contributed by atoms with Gasteiger partial charge in [0.05, 0.1) is 5.75 Å². The minimum absolute atomic E-state index is 0.0437. The first-order valence-corrected chi connectivity index (χ1v) is 10.5. The first-order valence-electron chi connectivity index (χ1n) is 8.77. The zero-order chi connectivity index (χ0) is 22.1. The van der Waals surface area contributed by atoms with Crippen molar-refractivity contribution in [3.05, 3.63) is 64.5 Å². The molecule has 0 saturated carbocycles. The van der Waals surface area contributed by atoms with Gasteiger partial charge in [-0.2, -0.15) is 0 Å². The maximum Gasteiger partial charge on any atom is 0.277 e. The second-order valence-electron chi connectivity index (χ2n) is 5.83. The summed E-state index contributed by atoms with van der Waals surface area (Å²) >= 11 is 12.6. The number of nitrogens with one attached hydrogen (secondary N) is 2. The highest BCUT2D eigenvalue weighted by Crippen LogP contribution is 2.19. The number of halogens is 2. The van der Waals surface area contributed by atoms with Gasteiger partial charge in [-0.1, -0.05) is 35.0 Å². The number of carbonyl (C=O) groups is 2. The van der Waals surface area contributed by atoms with Crippen LogP contribution in [0.3, 0.4) is 0 Å². The molecule has 12 heteroatoms. The van der Waals surface area contributed by atoms with Crippen molar-refractivity contribution in [1.29, 1.82) is 0 Å². The van der Waals surface area contributed by atoms with Gasteiger partial charge in [-0.05, 0) is 48.5 Å². The van der Waals surface area contributed by atoms with Crippen molar-refractivity contribution < 1.29 is 23.5 Å². The van der Waals surface area contributed by atoms with Crippen LogP contribution in [0.15, 0.2) is 58.2 Å². The lowest BCUT2D eigenvalue weighted by Gasteiger charge is -2.08. The maximum absolute atomic E-state index is 11.9. The number of hydrazine groups is 1. The van der Waals surface area contributed by atoms with Crippen molar-refractivity contribution in [2.75, 3.05) is 12.4 Å². The van der Waals surface area contributed by atoms with Crippen molar-refractivity contribution >= 4 is 46.8 Å². The molecular formula is C19H16Cl2N4O5S. The predicted molar refractivity (Wildman–Crippen MR) is 114 cm³/mol. The summed E-state index contributed by atoms with van der Waals surface area (Å²) in [6.45, 7) is -0.194. The third-order valence-electron chi connectivity index (χ3n) is 3.48. The quantitative estimate of drug-likeness (QED) is 0.352. The van der Waals surface area contributed by atoms with E-state index in [0.29, 0.717) is 21.5 Å². The molecule has 1 heterocycles. The van der Waals surface area contributed by atoms with Gasteiger partial charge in [-0.3, -0.25) is 20.4 Å². The first-order chi connectivity index (χ1) is 15.0. The zero-order valence-corrected chi connectivity index (χ0v) is 18.2. The topological polar surface area (TPSA) is 116 Å². The van der Waals surface area contributed by atoms with E-state index in [1.165, 1.54) is 0 Å². The van der Waals surface area contributed by atoms with Crippen LogP contribution in [0, 0.1) is 0 Å². The third-order valence-corrected chi connectivity index (χ3v) is 4.80. The highest BCUT2D eigenvalue weighted by Gasteiger charge is 2.11. The van der Waals surface area contributed by atoms with Crippen LogP contribution >= 0.6 is 35.0 Å². The largest absolute Gasteiger partial charge is 0.484 e. The smallest absolute Gasteiger partial charge is 0.277 e. The van der Waals surface area contributed by atoms with Gasteiger partial charge in [0.1, 0.15) is 11.5 Å². The van der Waals surface area contributed by atoms with E-state index >= 15 is 0 Å². The molecule has 0 bridgehead atoms. The number of benzene rings is 2. The number of nitrogens with zero attached hydrogens (tertiary/aromatic N) is 2. The molecule has 2 aromatic carbocycles. The Balaban J connectivity index is 1.32. The molecule has 0 atom stereocenters. The number of hydrogen-bond donors (Lipinski definition) is 2. The van der Waals surface area contributed by atoms with E-state index in [0.717, 1.165) is 11.8 Å². The van der Waals surface area contributed by atoms with Gasteiger partial charge >= 0.3 is 0 Å². The van der Waals surface area contributed by atoms with E-state index in [4.69, 9.17) is 37.1 Å². The number of carbonyl (C=O) groups excluding carboxylic acids is 2. The molecule has 0 unspecified atom stereocenters. The Hall–Kier alpha value is -2.95. The fraction of sp³-hybridized carbons (Fsp3) is 0.158. The van der Waals surface area contributed by atoms with Crippen molar-refractivity contribution in [1.82, 2.24) is 21.0 Å². The minimum Gasteiger partial charge on any atom is -0.484 e. The summed E-state index contributed by atoms with van der Waals surface area (Å²) < 4.78 is 16.2. The summed E-state index contributed by atoms with van der Waals surface area (Å²) in [6.07, 6.45) is 0. The van der Waals surface area contributed by atoms with E-state index in [1.54, 1.807) is 48.5 Å². The molecule has 1 aromatic heterocycles. The Morgan fingerprint density at radius 3 is 2.10 bits per heavy atom. The second-order valence-corrected chi connectivity index (χ2v) is 7.63.